The topological polar surface area (TPSA) is 47.1 Å². The van der Waals surface area contributed by atoms with Gasteiger partial charge in [-0.3, -0.25) is 0 Å². The number of rotatable bonds is 4. The fraction of sp³-hybridized carbons (Fsp3) is 0.667. The van der Waals surface area contributed by atoms with E-state index >= 15 is 0 Å². The molecule has 5 heteroatoms. The lowest BCUT2D eigenvalue weighted by molar-refractivity contribution is -0.753. The van der Waals surface area contributed by atoms with Gasteiger partial charge in [0.1, 0.15) is 5.60 Å². The molecule has 0 unspecified atom stereocenters. The smallest absolute Gasteiger partial charge is 0.407 e. The summed E-state index contributed by atoms with van der Waals surface area (Å²) in [6.07, 6.45) is 4.52. The van der Waals surface area contributed by atoms with Crippen LogP contribution in [0.3, 0.4) is 0 Å². The quantitative estimate of drug-likeness (QED) is 0.635. The molecule has 0 aliphatic rings. The molecule has 1 aromatic heterocycles. The van der Waals surface area contributed by atoms with Gasteiger partial charge in [-0.2, -0.15) is 4.68 Å². The first-order valence-corrected chi connectivity index (χ1v) is 5.86. The summed E-state index contributed by atoms with van der Waals surface area (Å²) in [6, 6.07) is 1.99. The van der Waals surface area contributed by atoms with Crippen molar-refractivity contribution in [1.29, 1.82) is 0 Å². The van der Waals surface area contributed by atoms with E-state index < -0.39 is 5.60 Å². The standard InChI is InChI=1S/C12H21N3O2/c1-12(2,3)17-11(16)13-7-5-9-15-10-6-8-14(15)4/h6,8,10H,5,7,9H2,1-4H3/p+1. The van der Waals surface area contributed by atoms with Crippen LogP contribution in [0.2, 0.25) is 0 Å². The van der Waals surface area contributed by atoms with E-state index in [1.165, 1.54) is 0 Å². The van der Waals surface area contributed by atoms with E-state index in [2.05, 4.69) is 10.00 Å². The van der Waals surface area contributed by atoms with Crippen LogP contribution in [0.25, 0.3) is 0 Å². The molecular formula is C12H22N3O2+. The van der Waals surface area contributed by atoms with E-state index in [-0.39, 0.29) is 6.09 Å². The Morgan fingerprint density at radius 2 is 2.18 bits per heavy atom. The van der Waals surface area contributed by atoms with Crippen LogP contribution < -0.4 is 10.00 Å². The molecule has 1 rings (SSSR count). The lowest BCUT2D eigenvalue weighted by Crippen LogP contribution is -2.39. The summed E-state index contributed by atoms with van der Waals surface area (Å²) < 4.78 is 9.22. The highest BCUT2D eigenvalue weighted by Crippen LogP contribution is 2.06. The fourth-order valence-corrected chi connectivity index (χ4v) is 1.43. The van der Waals surface area contributed by atoms with Gasteiger partial charge in [0, 0.05) is 12.6 Å². The van der Waals surface area contributed by atoms with Crippen molar-refractivity contribution in [3.05, 3.63) is 18.5 Å². The van der Waals surface area contributed by atoms with Crippen molar-refractivity contribution in [3.8, 4) is 0 Å². The van der Waals surface area contributed by atoms with Gasteiger partial charge in [-0.1, -0.05) is 0 Å². The van der Waals surface area contributed by atoms with Crippen LogP contribution >= 0.6 is 0 Å². The molecule has 0 bridgehead atoms. The monoisotopic (exact) mass is 240 g/mol. The zero-order valence-corrected chi connectivity index (χ0v) is 11.1. The molecule has 0 aliphatic carbocycles. The number of nitrogens with one attached hydrogen (secondary N) is 1. The summed E-state index contributed by atoms with van der Waals surface area (Å²) in [5.74, 6) is 0. The van der Waals surface area contributed by atoms with Crippen LogP contribution in [0.4, 0.5) is 4.79 Å². The van der Waals surface area contributed by atoms with Gasteiger partial charge < -0.3 is 10.1 Å². The number of ether oxygens (including phenoxy) is 1. The van der Waals surface area contributed by atoms with E-state index in [1.54, 1.807) is 0 Å². The Labute approximate surface area is 102 Å². The minimum absolute atomic E-state index is 0.352. The lowest BCUT2D eigenvalue weighted by atomic mass is 10.2. The molecule has 1 N–H and O–H groups in total. The van der Waals surface area contributed by atoms with Crippen molar-refractivity contribution in [1.82, 2.24) is 10.00 Å². The van der Waals surface area contributed by atoms with Crippen molar-refractivity contribution < 1.29 is 14.2 Å². The van der Waals surface area contributed by atoms with Gasteiger partial charge in [-0.25, -0.2) is 4.79 Å². The number of carbonyl (C=O) groups excluding carboxylic acids is 1. The first kappa shape index (κ1) is 13.5. The van der Waals surface area contributed by atoms with Gasteiger partial charge in [0.15, 0.2) is 13.2 Å². The van der Waals surface area contributed by atoms with Gasteiger partial charge in [-0.15, -0.1) is 4.68 Å². The summed E-state index contributed by atoms with van der Waals surface area (Å²) in [7, 11) is 1.99. The molecule has 1 heterocycles. The van der Waals surface area contributed by atoms with Crippen LogP contribution in [0, 0.1) is 0 Å². The molecule has 0 radical (unpaired) electrons. The number of aromatic nitrogens is 2. The Hall–Kier alpha value is -1.52. The Morgan fingerprint density at radius 1 is 1.47 bits per heavy atom. The van der Waals surface area contributed by atoms with Gasteiger partial charge in [0.05, 0.1) is 12.7 Å². The van der Waals surface area contributed by atoms with Crippen LogP contribution in [0.15, 0.2) is 18.5 Å². The highest BCUT2D eigenvalue weighted by atomic mass is 16.6. The number of carbonyl (C=O) groups is 1. The SMILES string of the molecule is C[n+]1cccn1CCCNC(=O)OC(C)(C)C. The number of hydrogen-bond donors (Lipinski definition) is 1. The Kier molecular flexibility index (Phi) is 4.54. The molecule has 0 aliphatic heterocycles. The minimum atomic E-state index is -0.434. The number of alkyl carbamates (subject to hydrolysis) is 1. The highest BCUT2D eigenvalue weighted by molar-refractivity contribution is 5.67. The van der Waals surface area contributed by atoms with Crippen molar-refractivity contribution in [3.63, 3.8) is 0 Å². The Morgan fingerprint density at radius 3 is 2.71 bits per heavy atom. The zero-order chi connectivity index (χ0) is 12.9. The molecule has 0 fully saturated rings. The largest absolute Gasteiger partial charge is 0.444 e. The third kappa shape index (κ3) is 5.38. The molecule has 5 nitrogen and oxygen atoms in total. The van der Waals surface area contributed by atoms with Gasteiger partial charge in [0.25, 0.3) is 0 Å². The van der Waals surface area contributed by atoms with Crippen LogP contribution in [0.1, 0.15) is 27.2 Å². The van der Waals surface area contributed by atoms with E-state index in [1.807, 2.05) is 51.0 Å². The molecule has 96 valence electrons. The molecular weight excluding hydrogens is 218 g/mol. The second kappa shape index (κ2) is 5.70. The molecule has 0 aromatic carbocycles. The van der Waals surface area contributed by atoms with E-state index in [9.17, 15) is 4.79 Å². The van der Waals surface area contributed by atoms with Crippen LogP contribution in [-0.4, -0.2) is 22.9 Å². The zero-order valence-electron chi connectivity index (χ0n) is 11.1. The maximum atomic E-state index is 11.3. The first-order valence-electron chi connectivity index (χ1n) is 5.86. The number of nitrogens with zero attached hydrogens (tertiary/aromatic N) is 2. The van der Waals surface area contributed by atoms with E-state index in [0.717, 1.165) is 13.0 Å². The molecule has 0 saturated carbocycles. The molecule has 1 amide bonds. The minimum Gasteiger partial charge on any atom is -0.444 e. The Bertz CT molecular complexity index is 366. The van der Waals surface area contributed by atoms with Gasteiger partial charge in [0.2, 0.25) is 0 Å². The molecule has 0 spiro atoms. The molecule has 17 heavy (non-hydrogen) atoms. The number of aryl methyl sites for hydroxylation is 2. The summed E-state index contributed by atoms with van der Waals surface area (Å²) in [5.41, 5.74) is -0.434. The average Bonchev–Trinajstić information content (AvgIpc) is 2.56. The normalized spacial score (nSPS) is 11.3. The van der Waals surface area contributed by atoms with Crippen molar-refractivity contribution in [2.24, 2.45) is 7.05 Å². The van der Waals surface area contributed by atoms with Crippen molar-refractivity contribution in [2.45, 2.75) is 39.3 Å². The predicted molar refractivity (Wildman–Crippen MR) is 64.5 cm³/mol. The maximum Gasteiger partial charge on any atom is 0.407 e. The van der Waals surface area contributed by atoms with Gasteiger partial charge in [-0.05, 0) is 27.2 Å². The van der Waals surface area contributed by atoms with Crippen molar-refractivity contribution in [2.75, 3.05) is 6.54 Å². The second-order valence-corrected chi connectivity index (χ2v) is 5.01. The number of hydrogen-bond acceptors (Lipinski definition) is 2. The predicted octanol–water partition coefficient (Wildman–Crippen LogP) is 1.23. The summed E-state index contributed by atoms with van der Waals surface area (Å²) in [6.45, 7) is 7.05. The average molecular weight is 240 g/mol. The van der Waals surface area contributed by atoms with Crippen LogP contribution in [0.5, 0.6) is 0 Å². The Balaban J connectivity index is 2.17. The third-order valence-corrected chi connectivity index (χ3v) is 2.20. The second-order valence-electron chi connectivity index (χ2n) is 5.01. The molecule has 0 saturated heterocycles. The van der Waals surface area contributed by atoms with Gasteiger partial charge >= 0.3 is 6.09 Å². The molecule has 1 aromatic rings. The maximum absolute atomic E-state index is 11.3. The van der Waals surface area contributed by atoms with Crippen molar-refractivity contribution >= 4 is 6.09 Å². The summed E-state index contributed by atoms with van der Waals surface area (Å²) >= 11 is 0. The van der Waals surface area contributed by atoms with E-state index in [4.69, 9.17) is 4.74 Å². The summed E-state index contributed by atoms with van der Waals surface area (Å²) in [4.78, 5) is 11.3. The third-order valence-electron chi connectivity index (χ3n) is 2.20. The summed E-state index contributed by atoms with van der Waals surface area (Å²) in [5, 5.41) is 2.74. The van der Waals surface area contributed by atoms with E-state index in [0.29, 0.717) is 6.54 Å². The lowest BCUT2D eigenvalue weighted by Gasteiger charge is -2.19. The fourth-order valence-electron chi connectivity index (χ4n) is 1.43. The molecule has 0 atom stereocenters. The number of amides is 1. The highest BCUT2D eigenvalue weighted by Gasteiger charge is 2.15. The first-order chi connectivity index (χ1) is 7.88. The van der Waals surface area contributed by atoms with Crippen LogP contribution in [-0.2, 0) is 18.3 Å².